The summed E-state index contributed by atoms with van der Waals surface area (Å²) in [6.45, 7) is 3.67. The molecule has 0 aliphatic carbocycles. The fourth-order valence-electron chi connectivity index (χ4n) is 1.63. The van der Waals surface area contributed by atoms with Gasteiger partial charge >= 0.3 is 5.97 Å². The Balaban J connectivity index is 2.79. The van der Waals surface area contributed by atoms with Crippen LogP contribution >= 0.6 is 0 Å². The number of esters is 1. The van der Waals surface area contributed by atoms with Gasteiger partial charge in [0.25, 0.3) is 0 Å². The molecule has 3 N–H and O–H groups in total. The lowest BCUT2D eigenvalue weighted by atomic mass is 10.0. The lowest BCUT2D eigenvalue weighted by Crippen LogP contribution is -2.41. The van der Waals surface area contributed by atoms with Crippen molar-refractivity contribution in [2.45, 2.75) is 32.4 Å². The Bertz CT molecular complexity index is 418. The first kappa shape index (κ1) is 15.2. The van der Waals surface area contributed by atoms with Crippen LogP contribution in [-0.4, -0.2) is 24.5 Å². The third-order valence-electron chi connectivity index (χ3n) is 2.61. The number of ether oxygens (including phenoxy) is 1. The second-order valence-electron chi connectivity index (χ2n) is 4.27. The van der Waals surface area contributed by atoms with Crippen LogP contribution in [0.15, 0.2) is 30.3 Å². The first-order chi connectivity index (χ1) is 9.04. The minimum Gasteiger partial charge on any atom is -0.466 e. The zero-order valence-electron chi connectivity index (χ0n) is 11.3. The number of nitrogens with one attached hydrogen (secondary N) is 1. The Morgan fingerprint density at radius 2 is 1.95 bits per heavy atom. The maximum absolute atomic E-state index is 11.7. The summed E-state index contributed by atoms with van der Waals surface area (Å²) in [5.74, 6) is -0.639. The van der Waals surface area contributed by atoms with E-state index in [1.165, 1.54) is 0 Å². The van der Waals surface area contributed by atoms with E-state index in [9.17, 15) is 9.59 Å². The number of rotatable bonds is 6. The second-order valence-corrected chi connectivity index (χ2v) is 4.27. The maximum Gasteiger partial charge on any atom is 0.308 e. The quantitative estimate of drug-likeness (QED) is 0.755. The Labute approximate surface area is 113 Å². The van der Waals surface area contributed by atoms with Crippen molar-refractivity contribution in [2.75, 3.05) is 6.61 Å². The molecule has 1 amide bonds. The summed E-state index contributed by atoms with van der Waals surface area (Å²) in [4.78, 5) is 23.3. The van der Waals surface area contributed by atoms with Crippen LogP contribution in [0.5, 0.6) is 0 Å². The second kappa shape index (κ2) is 7.53. The fourth-order valence-corrected chi connectivity index (χ4v) is 1.63. The van der Waals surface area contributed by atoms with Gasteiger partial charge in [-0.3, -0.25) is 9.59 Å². The summed E-state index contributed by atoms with van der Waals surface area (Å²) in [5, 5.41) is 2.76. The summed E-state index contributed by atoms with van der Waals surface area (Å²) in [6.07, 6.45) is 0.0936. The number of carbonyl (C=O) groups is 2. The van der Waals surface area contributed by atoms with E-state index in [4.69, 9.17) is 10.5 Å². The number of amides is 1. The summed E-state index contributed by atoms with van der Waals surface area (Å²) in [6, 6.07) is 8.25. The predicted molar refractivity (Wildman–Crippen MR) is 72.2 cm³/mol. The highest BCUT2D eigenvalue weighted by atomic mass is 16.5. The van der Waals surface area contributed by atoms with Crippen LogP contribution < -0.4 is 11.1 Å². The number of benzene rings is 1. The molecule has 1 aromatic carbocycles. The molecule has 0 heterocycles. The van der Waals surface area contributed by atoms with Crippen LogP contribution in [-0.2, 0) is 14.3 Å². The van der Waals surface area contributed by atoms with Crippen molar-refractivity contribution in [1.29, 1.82) is 0 Å². The molecule has 5 heteroatoms. The Morgan fingerprint density at radius 3 is 2.47 bits per heavy atom. The highest BCUT2D eigenvalue weighted by Crippen LogP contribution is 2.17. The predicted octanol–water partition coefficient (Wildman–Crippen LogP) is 1.14. The van der Waals surface area contributed by atoms with Gasteiger partial charge in [-0.2, -0.15) is 0 Å². The van der Waals surface area contributed by atoms with Crippen molar-refractivity contribution in [3.63, 3.8) is 0 Å². The van der Waals surface area contributed by atoms with Gasteiger partial charge in [0.15, 0.2) is 0 Å². The van der Waals surface area contributed by atoms with E-state index in [0.717, 1.165) is 5.56 Å². The molecule has 0 bridgehead atoms. The van der Waals surface area contributed by atoms with E-state index in [-0.39, 0.29) is 18.3 Å². The van der Waals surface area contributed by atoms with Crippen molar-refractivity contribution in [3.05, 3.63) is 35.9 Å². The first-order valence-electron chi connectivity index (χ1n) is 6.31. The first-order valence-corrected chi connectivity index (χ1v) is 6.31. The summed E-state index contributed by atoms with van der Waals surface area (Å²) >= 11 is 0. The van der Waals surface area contributed by atoms with Gasteiger partial charge in [0.1, 0.15) is 0 Å². The van der Waals surface area contributed by atoms with Crippen molar-refractivity contribution in [2.24, 2.45) is 5.73 Å². The molecular weight excluding hydrogens is 244 g/mol. The molecule has 1 unspecified atom stereocenters. The molecule has 104 valence electrons. The molecule has 5 nitrogen and oxygen atoms in total. The number of hydrogen-bond acceptors (Lipinski definition) is 4. The van der Waals surface area contributed by atoms with Crippen LogP contribution in [0.4, 0.5) is 0 Å². The Kier molecular flexibility index (Phi) is 6.02. The van der Waals surface area contributed by atoms with E-state index >= 15 is 0 Å². The number of hydrogen-bond donors (Lipinski definition) is 2. The number of carbonyl (C=O) groups excluding carboxylic acids is 2. The SMILES string of the molecule is CCOC(=O)CC(NC(=O)[C@@H](C)N)c1ccccc1. The average molecular weight is 264 g/mol. The van der Waals surface area contributed by atoms with Crippen LogP contribution in [0.3, 0.4) is 0 Å². The fraction of sp³-hybridized carbons (Fsp3) is 0.429. The van der Waals surface area contributed by atoms with Gasteiger partial charge in [-0.15, -0.1) is 0 Å². The molecule has 0 fully saturated rings. The number of nitrogens with two attached hydrogens (primary N) is 1. The highest BCUT2D eigenvalue weighted by Gasteiger charge is 2.20. The Hall–Kier alpha value is -1.88. The maximum atomic E-state index is 11.7. The van der Waals surface area contributed by atoms with Gasteiger partial charge in [-0.1, -0.05) is 30.3 Å². The lowest BCUT2D eigenvalue weighted by molar-refractivity contribution is -0.143. The lowest BCUT2D eigenvalue weighted by Gasteiger charge is -2.19. The largest absolute Gasteiger partial charge is 0.466 e. The summed E-state index contributed by atoms with van der Waals surface area (Å²) in [7, 11) is 0. The molecule has 2 atom stereocenters. The topological polar surface area (TPSA) is 81.4 Å². The smallest absolute Gasteiger partial charge is 0.308 e. The van der Waals surface area contributed by atoms with Crippen molar-refractivity contribution in [1.82, 2.24) is 5.32 Å². The van der Waals surface area contributed by atoms with Crippen molar-refractivity contribution >= 4 is 11.9 Å². The standard InChI is InChI=1S/C14H20N2O3/c1-3-19-13(17)9-12(16-14(18)10(2)15)11-7-5-4-6-8-11/h4-8,10,12H,3,9,15H2,1-2H3,(H,16,18)/t10-,12?/m1/s1. The zero-order valence-corrected chi connectivity index (χ0v) is 11.3. The molecule has 0 saturated heterocycles. The van der Waals surface area contributed by atoms with Crippen LogP contribution in [0, 0.1) is 0 Å². The van der Waals surface area contributed by atoms with Crippen LogP contribution in [0.25, 0.3) is 0 Å². The van der Waals surface area contributed by atoms with Crippen LogP contribution in [0.2, 0.25) is 0 Å². The highest BCUT2D eigenvalue weighted by molar-refractivity contribution is 5.82. The minimum atomic E-state index is -0.617. The summed E-state index contributed by atoms with van der Waals surface area (Å²) in [5.41, 5.74) is 6.38. The molecule has 0 aliphatic heterocycles. The van der Waals surface area contributed by atoms with Crippen LogP contribution in [0.1, 0.15) is 31.9 Å². The normalized spacial score (nSPS) is 13.4. The van der Waals surface area contributed by atoms with Crippen molar-refractivity contribution < 1.29 is 14.3 Å². The molecule has 1 aromatic rings. The average Bonchev–Trinajstić information content (AvgIpc) is 2.39. The van der Waals surface area contributed by atoms with Crippen molar-refractivity contribution in [3.8, 4) is 0 Å². The molecule has 0 radical (unpaired) electrons. The molecule has 0 spiro atoms. The zero-order chi connectivity index (χ0) is 14.3. The molecule has 1 rings (SSSR count). The molecule has 0 aliphatic rings. The molecule has 0 saturated carbocycles. The Morgan fingerprint density at radius 1 is 1.32 bits per heavy atom. The van der Waals surface area contributed by atoms with Gasteiger partial charge < -0.3 is 15.8 Å². The van der Waals surface area contributed by atoms with Gasteiger partial charge in [0, 0.05) is 0 Å². The van der Waals surface area contributed by atoms with E-state index in [1.807, 2.05) is 30.3 Å². The minimum absolute atomic E-state index is 0.0936. The van der Waals surface area contributed by atoms with E-state index in [1.54, 1.807) is 13.8 Å². The van der Waals surface area contributed by atoms with Gasteiger partial charge in [-0.25, -0.2) is 0 Å². The van der Waals surface area contributed by atoms with Gasteiger partial charge in [-0.05, 0) is 19.4 Å². The van der Waals surface area contributed by atoms with Gasteiger partial charge in [0.2, 0.25) is 5.91 Å². The molecular formula is C14H20N2O3. The van der Waals surface area contributed by atoms with E-state index in [2.05, 4.69) is 5.32 Å². The van der Waals surface area contributed by atoms with Gasteiger partial charge in [0.05, 0.1) is 25.1 Å². The third-order valence-corrected chi connectivity index (χ3v) is 2.61. The molecule has 0 aromatic heterocycles. The monoisotopic (exact) mass is 264 g/mol. The third kappa shape index (κ3) is 5.09. The van der Waals surface area contributed by atoms with E-state index in [0.29, 0.717) is 6.61 Å². The molecule has 19 heavy (non-hydrogen) atoms. The summed E-state index contributed by atoms with van der Waals surface area (Å²) < 4.78 is 4.91. The van der Waals surface area contributed by atoms with E-state index < -0.39 is 12.1 Å².